The molecule has 0 unspecified atom stereocenters. The number of carbonyl (C=O) groups is 1. The number of amides is 1. The molecule has 0 aromatic heterocycles. The van der Waals surface area contributed by atoms with Gasteiger partial charge >= 0.3 is 0 Å². The van der Waals surface area contributed by atoms with Gasteiger partial charge in [-0.1, -0.05) is 30.3 Å². The van der Waals surface area contributed by atoms with Crippen LogP contribution in [0.1, 0.15) is 17.3 Å². The molecule has 0 bridgehead atoms. The quantitative estimate of drug-likeness (QED) is 0.892. The fraction of sp³-hybridized carbons (Fsp3) is 0.316. The van der Waals surface area contributed by atoms with Gasteiger partial charge in [0.05, 0.1) is 6.61 Å². The largest absolute Gasteiger partial charge is 0.395 e. The Balaban J connectivity index is 2.37. The molecule has 1 amide bonds. The first-order valence-electron chi connectivity index (χ1n) is 7.85. The minimum absolute atomic E-state index is 0.000278. The molecule has 4 heteroatoms. The van der Waals surface area contributed by atoms with Crippen LogP contribution in [0, 0.1) is 0 Å². The number of likely N-dealkylation sites (N-methyl/N-ethyl adjacent to an activating group) is 1. The predicted octanol–water partition coefficient (Wildman–Crippen LogP) is 2.87. The summed E-state index contributed by atoms with van der Waals surface area (Å²) < 4.78 is 0. The van der Waals surface area contributed by atoms with Gasteiger partial charge in [-0.2, -0.15) is 0 Å². The summed E-state index contributed by atoms with van der Waals surface area (Å²) in [5, 5.41) is 9.26. The van der Waals surface area contributed by atoms with Gasteiger partial charge in [0.15, 0.2) is 0 Å². The van der Waals surface area contributed by atoms with Crippen LogP contribution < -0.4 is 4.90 Å². The number of para-hydroxylation sites is 1. The Labute approximate surface area is 138 Å². The lowest BCUT2D eigenvalue weighted by Crippen LogP contribution is -2.26. The van der Waals surface area contributed by atoms with Crippen molar-refractivity contribution >= 4 is 11.6 Å². The highest BCUT2D eigenvalue weighted by molar-refractivity contribution is 5.94. The van der Waals surface area contributed by atoms with Crippen molar-refractivity contribution in [1.82, 2.24) is 4.90 Å². The highest BCUT2D eigenvalue weighted by Gasteiger charge is 2.12. The van der Waals surface area contributed by atoms with E-state index in [1.807, 2.05) is 36.4 Å². The van der Waals surface area contributed by atoms with E-state index in [2.05, 4.69) is 24.0 Å². The Morgan fingerprint density at radius 1 is 1.04 bits per heavy atom. The lowest BCUT2D eigenvalue weighted by molar-refractivity contribution is 0.0827. The molecule has 0 saturated carbocycles. The number of aliphatic hydroxyl groups is 1. The normalized spacial score (nSPS) is 10.4. The van der Waals surface area contributed by atoms with Crippen molar-refractivity contribution in [2.75, 3.05) is 38.7 Å². The molecule has 0 fully saturated rings. The fourth-order valence-corrected chi connectivity index (χ4v) is 2.61. The number of aliphatic hydroxyl groups excluding tert-OH is 1. The van der Waals surface area contributed by atoms with Crippen molar-refractivity contribution in [2.24, 2.45) is 0 Å². The van der Waals surface area contributed by atoms with Gasteiger partial charge in [0.2, 0.25) is 0 Å². The monoisotopic (exact) mass is 312 g/mol. The number of benzene rings is 2. The third-order valence-electron chi connectivity index (χ3n) is 3.85. The summed E-state index contributed by atoms with van der Waals surface area (Å²) >= 11 is 0. The number of hydrogen-bond donors (Lipinski definition) is 1. The van der Waals surface area contributed by atoms with Crippen LogP contribution in [-0.4, -0.2) is 49.7 Å². The predicted molar refractivity (Wildman–Crippen MR) is 94.9 cm³/mol. The molecule has 4 nitrogen and oxygen atoms in total. The highest BCUT2D eigenvalue weighted by atomic mass is 16.3. The smallest absolute Gasteiger partial charge is 0.253 e. The molecular weight excluding hydrogens is 288 g/mol. The fourth-order valence-electron chi connectivity index (χ4n) is 2.61. The summed E-state index contributed by atoms with van der Waals surface area (Å²) in [6.07, 6.45) is 0. The van der Waals surface area contributed by atoms with Crippen molar-refractivity contribution in [3.8, 4) is 11.1 Å². The zero-order valence-electron chi connectivity index (χ0n) is 14.0. The van der Waals surface area contributed by atoms with E-state index in [0.29, 0.717) is 12.1 Å². The molecular formula is C19H24N2O2. The van der Waals surface area contributed by atoms with E-state index in [9.17, 15) is 9.90 Å². The molecule has 0 aliphatic rings. The highest BCUT2D eigenvalue weighted by Crippen LogP contribution is 2.30. The molecule has 2 rings (SSSR count). The van der Waals surface area contributed by atoms with E-state index in [-0.39, 0.29) is 12.5 Å². The summed E-state index contributed by atoms with van der Waals surface area (Å²) in [4.78, 5) is 15.7. The second-order valence-corrected chi connectivity index (χ2v) is 5.60. The molecule has 0 heterocycles. The molecule has 0 radical (unpaired) electrons. The molecule has 1 N–H and O–H groups in total. The number of anilines is 1. The Morgan fingerprint density at radius 3 is 2.26 bits per heavy atom. The van der Waals surface area contributed by atoms with E-state index in [1.165, 1.54) is 0 Å². The summed E-state index contributed by atoms with van der Waals surface area (Å²) in [6, 6.07) is 15.8. The van der Waals surface area contributed by atoms with Crippen LogP contribution in [0.3, 0.4) is 0 Å². The average molecular weight is 312 g/mol. The molecule has 0 aliphatic carbocycles. The number of hydrogen-bond acceptors (Lipinski definition) is 3. The van der Waals surface area contributed by atoms with Crippen LogP contribution in [0.25, 0.3) is 11.1 Å². The lowest BCUT2D eigenvalue weighted by Gasteiger charge is -2.25. The van der Waals surface area contributed by atoms with Gasteiger partial charge in [0, 0.05) is 44.0 Å². The third-order valence-corrected chi connectivity index (χ3v) is 3.85. The minimum atomic E-state index is 0.000278. The van der Waals surface area contributed by atoms with Crippen LogP contribution in [0.4, 0.5) is 5.69 Å². The van der Waals surface area contributed by atoms with Crippen LogP contribution in [-0.2, 0) is 0 Å². The lowest BCUT2D eigenvalue weighted by atomic mass is 10.0. The Hall–Kier alpha value is -2.33. The van der Waals surface area contributed by atoms with E-state index >= 15 is 0 Å². The van der Waals surface area contributed by atoms with E-state index in [0.717, 1.165) is 23.4 Å². The zero-order chi connectivity index (χ0) is 16.8. The molecule has 0 aliphatic heterocycles. The van der Waals surface area contributed by atoms with Crippen LogP contribution >= 0.6 is 0 Å². The molecule has 2 aromatic rings. The van der Waals surface area contributed by atoms with Gasteiger partial charge < -0.3 is 14.9 Å². The number of carbonyl (C=O) groups excluding carboxylic acids is 1. The maximum atomic E-state index is 12.0. The molecule has 2 aromatic carbocycles. The first kappa shape index (κ1) is 17.0. The van der Waals surface area contributed by atoms with Crippen LogP contribution in [0.5, 0.6) is 0 Å². The Morgan fingerprint density at radius 2 is 1.70 bits per heavy atom. The van der Waals surface area contributed by atoms with Gasteiger partial charge in [0.25, 0.3) is 5.91 Å². The number of rotatable bonds is 6. The van der Waals surface area contributed by atoms with Crippen LogP contribution in [0.15, 0.2) is 48.5 Å². The average Bonchev–Trinajstić information content (AvgIpc) is 2.59. The van der Waals surface area contributed by atoms with Crippen molar-refractivity contribution in [1.29, 1.82) is 0 Å². The van der Waals surface area contributed by atoms with Crippen molar-refractivity contribution in [3.05, 3.63) is 54.1 Å². The first-order valence-corrected chi connectivity index (χ1v) is 7.85. The van der Waals surface area contributed by atoms with Gasteiger partial charge in [-0.15, -0.1) is 0 Å². The zero-order valence-corrected chi connectivity index (χ0v) is 14.0. The van der Waals surface area contributed by atoms with Crippen molar-refractivity contribution in [2.45, 2.75) is 6.92 Å². The maximum Gasteiger partial charge on any atom is 0.253 e. The molecule has 122 valence electrons. The van der Waals surface area contributed by atoms with Crippen LogP contribution in [0.2, 0.25) is 0 Å². The molecule has 23 heavy (non-hydrogen) atoms. The second kappa shape index (κ2) is 7.79. The van der Waals surface area contributed by atoms with Gasteiger partial charge in [-0.3, -0.25) is 4.79 Å². The number of nitrogens with zero attached hydrogens (tertiary/aromatic N) is 2. The second-order valence-electron chi connectivity index (χ2n) is 5.60. The summed E-state index contributed by atoms with van der Waals surface area (Å²) in [7, 11) is 3.50. The maximum absolute atomic E-state index is 12.0. The third kappa shape index (κ3) is 3.90. The van der Waals surface area contributed by atoms with E-state index in [4.69, 9.17) is 0 Å². The van der Waals surface area contributed by atoms with E-state index in [1.54, 1.807) is 19.0 Å². The molecule has 0 spiro atoms. The molecule has 0 saturated heterocycles. The summed E-state index contributed by atoms with van der Waals surface area (Å²) in [6.45, 7) is 3.63. The summed E-state index contributed by atoms with van der Waals surface area (Å²) in [5.74, 6) is 0.000278. The van der Waals surface area contributed by atoms with Crippen molar-refractivity contribution in [3.63, 3.8) is 0 Å². The van der Waals surface area contributed by atoms with Gasteiger partial charge in [-0.05, 0) is 30.7 Å². The topological polar surface area (TPSA) is 43.8 Å². The van der Waals surface area contributed by atoms with E-state index < -0.39 is 0 Å². The van der Waals surface area contributed by atoms with Gasteiger partial charge in [-0.25, -0.2) is 0 Å². The van der Waals surface area contributed by atoms with Gasteiger partial charge in [0.1, 0.15) is 0 Å². The Kier molecular flexibility index (Phi) is 5.77. The first-order chi connectivity index (χ1) is 11.1. The minimum Gasteiger partial charge on any atom is -0.395 e. The van der Waals surface area contributed by atoms with Crippen molar-refractivity contribution < 1.29 is 9.90 Å². The standard InChI is InChI=1S/C19H24N2O2/c1-4-21(13-14-22)18-8-6-5-7-17(18)15-9-11-16(12-10-15)19(23)20(2)3/h5-12,22H,4,13-14H2,1-3H3. The SMILES string of the molecule is CCN(CCO)c1ccccc1-c1ccc(C(=O)N(C)C)cc1. The summed E-state index contributed by atoms with van der Waals surface area (Å²) in [5.41, 5.74) is 3.94. The Bertz CT molecular complexity index is 651. The molecule has 0 atom stereocenters.